The van der Waals surface area contributed by atoms with Gasteiger partial charge < -0.3 is 4.98 Å². The van der Waals surface area contributed by atoms with Gasteiger partial charge in [-0.25, -0.2) is 0 Å². The van der Waals surface area contributed by atoms with Crippen molar-refractivity contribution < 1.29 is 4.79 Å². The molecule has 0 aliphatic heterocycles. The molecule has 1 fully saturated rings. The summed E-state index contributed by atoms with van der Waals surface area (Å²) in [7, 11) is 0. The largest absolute Gasteiger partial charge is 0.360 e. The van der Waals surface area contributed by atoms with Crippen molar-refractivity contribution in [2.24, 2.45) is 17.8 Å². The molecule has 4 rings (SSSR count). The molecule has 1 aliphatic carbocycles. The minimum absolute atomic E-state index is 0.604. The number of fused-ring (bicyclic) bond motifs is 1. The fourth-order valence-corrected chi connectivity index (χ4v) is 4.30. The van der Waals surface area contributed by atoms with Crippen LogP contribution in [0.2, 0.25) is 0 Å². The van der Waals surface area contributed by atoms with E-state index in [4.69, 9.17) is 5.26 Å². The van der Waals surface area contributed by atoms with E-state index < -0.39 is 0 Å². The van der Waals surface area contributed by atoms with Crippen LogP contribution in [0.4, 0.5) is 0 Å². The highest BCUT2D eigenvalue weighted by Gasteiger charge is 2.17. The van der Waals surface area contributed by atoms with E-state index in [9.17, 15) is 4.79 Å². The highest BCUT2D eigenvalue weighted by atomic mass is 16.1. The standard InChI is InChI=1S/C10H6N2O.C10H20.C8H10/c11-4-8-5-12-10-3-7(6-13)1-2-9(8)10;1-8-4-5-9(2)7-10(3)6-8;1-2-8-6-4-3-5-7-8/h1-3,5-6,12H;8-10H,4-7H2,1-3H3;3-7H,2H2,1H3/t;8-,9+,10?;. The van der Waals surface area contributed by atoms with Crippen molar-refractivity contribution in [3.8, 4) is 6.07 Å². The third-order valence-corrected chi connectivity index (χ3v) is 5.98. The van der Waals surface area contributed by atoms with Crippen LogP contribution in [0.5, 0.6) is 0 Å². The van der Waals surface area contributed by atoms with E-state index in [1.165, 1.54) is 31.2 Å². The lowest BCUT2D eigenvalue weighted by Crippen LogP contribution is -1.99. The molecule has 1 N–H and O–H groups in total. The number of hydrogen-bond donors (Lipinski definition) is 1. The lowest BCUT2D eigenvalue weighted by atomic mass is 9.95. The van der Waals surface area contributed by atoms with Crippen molar-refractivity contribution in [1.82, 2.24) is 4.98 Å². The number of nitrogens with one attached hydrogen (secondary N) is 1. The Hall–Kier alpha value is -2.86. The van der Waals surface area contributed by atoms with Crippen molar-refractivity contribution in [2.75, 3.05) is 0 Å². The first kappa shape index (κ1) is 24.4. The fourth-order valence-electron chi connectivity index (χ4n) is 4.30. The lowest BCUT2D eigenvalue weighted by Gasteiger charge is -2.11. The highest BCUT2D eigenvalue weighted by molar-refractivity contribution is 5.90. The normalized spacial score (nSPS) is 20.3. The topological polar surface area (TPSA) is 56.6 Å². The number of rotatable bonds is 2. The Morgan fingerprint density at radius 2 is 1.65 bits per heavy atom. The van der Waals surface area contributed by atoms with E-state index >= 15 is 0 Å². The molecular weight excluding hydrogens is 380 g/mol. The molecule has 3 nitrogen and oxygen atoms in total. The summed E-state index contributed by atoms with van der Waals surface area (Å²) in [6, 6.07) is 17.7. The van der Waals surface area contributed by atoms with Crippen molar-refractivity contribution in [3.05, 3.63) is 71.4 Å². The fraction of sp³-hybridized carbons (Fsp3) is 0.429. The molecule has 0 spiro atoms. The van der Waals surface area contributed by atoms with Crippen molar-refractivity contribution in [3.63, 3.8) is 0 Å². The number of hydrogen-bond acceptors (Lipinski definition) is 2. The first-order valence-corrected chi connectivity index (χ1v) is 11.5. The molecule has 1 unspecified atom stereocenters. The average molecular weight is 417 g/mol. The second kappa shape index (κ2) is 12.7. The number of carbonyl (C=O) groups is 1. The van der Waals surface area contributed by atoms with E-state index in [1.54, 1.807) is 24.4 Å². The molecule has 0 radical (unpaired) electrons. The van der Waals surface area contributed by atoms with Crippen LogP contribution in [0.1, 0.15) is 74.9 Å². The van der Waals surface area contributed by atoms with Gasteiger partial charge in [0, 0.05) is 22.7 Å². The van der Waals surface area contributed by atoms with Crippen LogP contribution in [-0.4, -0.2) is 11.3 Å². The van der Waals surface area contributed by atoms with Gasteiger partial charge in [-0.05, 0) is 48.6 Å². The molecule has 0 saturated heterocycles. The minimum Gasteiger partial charge on any atom is -0.360 e. The summed E-state index contributed by atoms with van der Waals surface area (Å²) in [5.41, 5.74) is 3.44. The van der Waals surface area contributed by atoms with Gasteiger partial charge in [0.05, 0.1) is 5.56 Å². The molecular formula is C28H36N2O. The molecule has 1 saturated carbocycles. The maximum absolute atomic E-state index is 10.4. The number of aldehydes is 1. The zero-order valence-corrected chi connectivity index (χ0v) is 19.4. The van der Waals surface area contributed by atoms with Crippen molar-refractivity contribution in [2.45, 2.75) is 59.8 Å². The Morgan fingerprint density at radius 1 is 1.00 bits per heavy atom. The van der Waals surface area contributed by atoms with E-state index in [1.807, 2.05) is 6.07 Å². The van der Waals surface area contributed by atoms with E-state index in [0.717, 1.165) is 41.4 Å². The average Bonchev–Trinajstić information content (AvgIpc) is 3.14. The molecule has 3 aromatic rings. The smallest absolute Gasteiger partial charge is 0.150 e. The quantitative estimate of drug-likeness (QED) is 0.346. The second-order valence-electron chi connectivity index (χ2n) is 8.94. The van der Waals surface area contributed by atoms with E-state index in [-0.39, 0.29) is 0 Å². The molecule has 1 heterocycles. The van der Waals surface area contributed by atoms with Crippen LogP contribution in [-0.2, 0) is 6.42 Å². The van der Waals surface area contributed by atoms with Gasteiger partial charge in [-0.1, -0.05) is 83.0 Å². The summed E-state index contributed by atoms with van der Waals surface area (Å²) in [6.07, 6.45) is 9.41. The van der Waals surface area contributed by atoms with Crippen LogP contribution in [0.15, 0.2) is 54.7 Å². The zero-order valence-electron chi connectivity index (χ0n) is 19.4. The summed E-state index contributed by atoms with van der Waals surface area (Å²) in [5, 5.41) is 9.57. The van der Waals surface area contributed by atoms with Crippen LogP contribution in [0.3, 0.4) is 0 Å². The molecule has 164 valence electrons. The van der Waals surface area contributed by atoms with Gasteiger partial charge in [0.1, 0.15) is 12.4 Å². The van der Waals surface area contributed by atoms with Gasteiger partial charge in [-0.2, -0.15) is 5.26 Å². The number of benzene rings is 2. The molecule has 3 heteroatoms. The molecule has 2 aromatic carbocycles. The zero-order chi connectivity index (χ0) is 22.6. The Labute approximate surface area is 187 Å². The van der Waals surface area contributed by atoms with Crippen LogP contribution < -0.4 is 0 Å². The number of carbonyl (C=O) groups excluding carboxylic acids is 1. The summed E-state index contributed by atoms with van der Waals surface area (Å²) in [6.45, 7) is 9.36. The predicted molar refractivity (Wildman–Crippen MR) is 130 cm³/mol. The summed E-state index contributed by atoms with van der Waals surface area (Å²) < 4.78 is 0. The summed E-state index contributed by atoms with van der Waals surface area (Å²) >= 11 is 0. The van der Waals surface area contributed by atoms with Crippen LogP contribution in [0.25, 0.3) is 10.9 Å². The first-order valence-electron chi connectivity index (χ1n) is 11.5. The van der Waals surface area contributed by atoms with Gasteiger partial charge in [0.15, 0.2) is 0 Å². The Kier molecular flexibility index (Phi) is 10.0. The van der Waals surface area contributed by atoms with Crippen LogP contribution in [0, 0.1) is 29.1 Å². The molecule has 0 bridgehead atoms. The Bertz CT molecular complexity index is 956. The Balaban J connectivity index is 0.000000171. The van der Waals surface area contributed by atoms with Gasteiger partial charge in [0.2, 0.25) is 0 Å². The summed E-state index contributed by atoms with van der Waals surface area (Å²) in [5.74, 6) is 2.95. The minimum atomic E-state index is 0.604. The molecule has 3 atom stereocenters. The number of aromatic amines is 1. The number of H-pyrrole nitrogens is 1. The predicted octanol–water partition coefficient (Wildman–Crippen LogP) is 7.57. The van der Waals surface area contributed by atoms with Gasteiger partial charge >= 0.3 is 0 Å². The lowest BCUT2D eigenvalue weighted by molar-refractivity contribution is 0.112. The van der Waals surface area contributed by atoms with Crippen molar-refractivity contribution >= 4 is 17.2 Å². The number of nitriles is 1. The van der Waals surface area contributed by atoms with Crippen molar-refractivity contribution in [1.29, 1.82) is 5.26 Å². The van der Waals surface area contributed by atoms with Gasteiger partial charge in [-0.3, -0.25) is 4.79 Å². The second-order valence-corrected chi connectivity index (χ2v) is 8.94. The number of aromatic nitrogens is 1. The maximum Gasteiger partial charge on any atom is 0.150 e. The van der Waals surface area contributed by atoms with E-state index in [0.29, 0.717) is 11.1 Å². The van der Waals surface area contributed by atoms with Gasteiger partial charge in [-0.15, -0.1) is 0 Å². The number of aryl methyl sites for hydroxylation is 1. The van der Waals surface area contributed by atoms with Gasteiger partial charge in [0.25, 0.3) is 0 Å². The van der Waals surface area contributed by atoms with E-state index in [2.05, 4.69) is 63.0 Å². The summed E-state index contributed by atoms with van der Waals surface area (Å²) in [4.78, 5) is 13.4. The monoisotopic (exact) mass is 416 g/mol. The van der Waals surface area contributed by atoms with Crippen LogP contribution >= 0.6 is 0 Å². The third-order valence-electron chi connectivity index (χ3n) is 5.98. The molecule has 31 heavy (non-hydrogen) atoms. The highest BCUT2D eigenvalue weighted by Crippen LogP contribution is 2.30. The molecule has 1 aliphatic rings. The molecule has 1 aromatic heterocycles. The third kappa shape index (κ3) is 8.06. The molecule has 0 amide bonds. The first-order chi connectivity index (χ1) is 15.0. The SMILES string of the molecule is CC1C[C@H](C)CC[C@H](C)C1.CCc1ccccc1.N#Cc1c[nH]c2cc(C=O)ccc12. The Morgan fingerprint density at radius 3 is 2.16 bits per heavy atom. The number of nitrogens with zero attached hydrogens (tertiary/aromatic N) is 1. The maximum atomic E-state index is 10.4.